The number of hydrogen-bond donors (Lipinski definition) is 1. The third-order valence-corrected chi connectivity index (χ3v) is 5.30. The first-order valence-electron chi connectivity index (χ1n) is 9.26. The maximum absolute atomic E-state index is 11.2. The SMILES string of the molecule is C=CCC(CC(=O)O)c1nnc(C2CC(CC(C)C)C2)n1C1CC1. The Morgan fingerprint density at radius 3 is 2.62 bits per heavy atom. The van der Waals surface area contributed by atoms with E-state index in [1.165, 1.54) is 19.3 Å². The van der Waals surface area contributed by atoms with Gasteiger partial charge in [-0.2, -0.15) is 0 Å². The number of aliphatic carboxylic acids is 1. The quantitative estimate of drug-likeness (QED) is 0.686. The zero-order valence-corrected chi connectivity index (χ0v) is 14.8. The van der Waals surface area contributed by atoms with E-state index in [0.29, 0.717) is 18.4 Å². The van der Waals surface area contributed by atoms with Gasteiger partial charge in [0.1, 0.15) is 11.6 Å². The van der Waals surface area contributed by atoms with Gasteiger partial charge in [-0.1, -0.05) is 19.9 Å². The Kier molecular flexibility index (Phi) is 5.07. The normalized spacial score (nSPS) is 24.6. The van der Waals surface area contributed by atoms with Crippen LogP contribution in [0.1, 0.15) is 88.3 Å². The molecule has 3 rings (SSSR count). The highest BCUT2D eigenvalue weighted by Crippen LogP contribution is 2.47. The first kappa shape index (κ1) is 17.2. The topological polar surface area (TPSA) is 68.0 Å². The second kappa shape index (κ2) is 7.08. The summed E-state index contributed by atoms with van der Waals surface area (Å²) in [6.45, 7) is 8.34. The van der Waals surface area contributed by atoms with Crippen molar-refractivity contribution in [1.82, 2.24) is 14.8 Å². The lowest BCUT2D eigenvalue weighted by Gasteiger charge is -2.36. The summed E-state index contributed by atoms with van der Waals surface area (Å²) >= 11 is 0. The first-order chi connectivity index (χ1) is 11.5. The van der Waals surface area contributed by atoms with E-state index in [1.807, 2.05) is 0 Å². The number of carboxylic acid groups (broad SMARTS) is 1. The molecule has 2 aliphatic carbocycles. The zero-order chi connectivity index (χ0) is 17.3. The van der Waals surface area contributed by atoms with Gasteiger partial charge in [-0.15, -0.1) is 16.8 Å². The molecule has 24 heavy (non-hydrogen) atoms. The largest absolute Gasteiger partial charge is 0.481 e. The van der Waals surface area contributed by atoms with E-state index in [4.69, 9.17) is 0 Å². The Hall–Kier alpha value is -1.65. The van der Waals surface area contributed by atoms with Crippen LogP contribution < -0.4 is 0 Å². The Morgan fingerprint density at radius 1 is 1.38 bits per heavy atom. The van der Waals surface area contributed by atoms with Crippen molar-refractivity contribution in [2.45, 2.75) is 76.7 Å². The predicted molar refractivity (Wildman–Crippen MR) is 93.0 cm³/mol. The summed E-state index contributed by atoms with van der Waals surface area (Å²) in [7, 11) is 0. The van der Waals surface area contributed by atoms with Gasteiger partial charge < -0.3 is 9.67 Å². The highest BCUT2D eigenvalue weighted by Gasteiger charge is 2.39. The first-order valence-corrected chi connectivity index (χ1v) is 9.26. The van der Waals surface area contributed by atoms with Crippen LogP contribution in [0.5, 0.6) is 0 Å². The van der Waals surface area contributed by atoms with E-state index in [2.05, 4.69) is 35.2 Å². The minimum absolute atomic E-state index is 0.0948. The van der Waals surface area contributed by atoms with Crippen molar-refractivity contribution in [2.75, 3.05) is 0 Å². The molecular weight excluding hydrogens is 302 g/mol. The van der Waals surface area contributed by atoms with E-state index in [9.17, 15) is 9.90 Å². The molecular formula is C19H29N3O2. The van der Waals surface area contributed by atoms with Gasteiger partial charge in [-0.05, 0) is 50.4 Å². The summed E-state index contributed by atoms with van der Waals surface area (Å²) in [6.07, 6.45) is 8.54. The van der Waals surface area contributed by atoms with Gasteiger partial charge in [0.25, 0.3) is 0 Å². The maximum Gasteiger partial charge on any atom is 0.304 e. The average Bonchev–Trinajstić information content (AvgIpc) is 3.21. The van der Waals surface area contributed by atoms with Gasteiger partial charge in [0.05, 0.1) is 6.42 Å². The van der Waals surface area contributed by atoms with Crippen LogP contribution in [-0.2, 0) is 4.79 Å². The number of rotatable bonds is 9. The summed E-state index contributed by atoms with van der Waals surface area (Å²) < 4.78 is 2.29. The molecule has 1 aromatic rings. The fourth-order valence-electron chi connectivity index (χ4n) is 4.08. The van der Waals surface area contributed by atoms with E-state index in [1.54, 1.807) is 6.08 Å². The monoisotopic (exact) mass is 331 g/mol. The molecule has 1 aromatic heterocycles. The molecule has 5 heteroatoms. The summed E-state index contributed by atoms with van der Waals surface area (Å²) in [6, 6.07) is 0.482. The molecule has 1 unspecified atom stereocenters. The van der Waals surface area contributed by atoms with Gasteiger partial charge >= 0.3 is 5.97 Å². The maximum atomic E-state index is 11.2. The van der Waals surface area contributed by atoms with E-state index in [-0.39, 0.29) is 12.3 Å². The van der Waals surface area contributed by atoms with Gasteiger partial charge in [0.2, 0.25) is 0 Å². The molecule has 0 saturated heterocycles. The Labute approximate surface area is 144 Å². The molecule has 0 aliphatic heterocycles. The minimum Gasteiger partial charge on any atom is -0.481 e. The van der Waals surface area contributed by atoms with Crippen LogP contribution in [0.4, 0.5) is 0 Å². The van der Waals surface area contributed by atoms with E-state index < -0.39 is 5.97 Å². The van der Waals surface area contributed by atoms with E-state index >= 15 is 0 Å². The van der Waals surface area contributed by atoms with Crippen molar-refractivity contribution < 1.29 is 9.90 Å². The second-order valence-corrected chi connectivity index (χ2v) is 8.00. The highest BCUT2D eigenvalue weighted by molar-refractivity contribution is 5.67. The third-order valence-electron chi connectivity index (χ3n) is 5.30. The fourth-order valence-corrected chi connectivity index (χ4v) is 4.08. The number of allylic oxidation sites excluding steroid dienone is 1. The molecule has 2 saturated carbocycles. The lowest BCUT2D eigenvalue weighted by atomic mass is 9.71. The second-order valence-electron chi connectivity index (χ2n) is 8.00. The molecule has 2 aliphatic rings. The molecule has 0 radical (unpaired) electrons. The Morgan fingerprint density at radius 2 is 2.08 bits per heavy atom. The Bertz CT molecular complexity index is 598. The molecule has 0 amide bonds. The molecule has 0 spiro atoms. The van der Waals surface area contributed by atoms with E-state index in [0.717, 1.165) is 36.3 Å². The van der Waals surface area contributed by atoms with Crippen molar-refractivity contribution in [3.63, 3.8) is 0 Å². The van der Waals surface area contributed by atoms with Crippen molar-refractivity contribution in [3.8, 4) is 0 Å². The molecule has 2 fully saturated rings. The number of hydrogen-bond acceptors (Lipinski definition) is 3. The van der Waals surface area contributed by atoms with Crippen LogP contribution in [-0.4, -0.2) is 25.8 Å². The fraction of sp³-hybridized carbons (Fsp3) is 0.737. The highest BCUT2D eigenvalue weighted by atomic mass is 16.4. The van der Waals surface area contributed by atoms with Crippen molar-refractivity contribution in [3.05, 3.63) is 24.3 Å². The molecule has 1 atom stereocenters. The summed E-state index contributed by atoms with van der Waals surface area (Å²) in [5.74, 6) is 3.13. The minimum atomic E-state index is -0.783. The van der Waals surface area contributed by atoms with Crippen LogP contribution in [0.15, 0.2) is 12.7 Å². The average molecular weight is 331 g/mol. The van der Waals surface area contributed by atoms with Crippen LogP contribution in [0.25, 0.3) is 0 Å². The number of nitrogens with zero attached hydrogens (tertiary/aromatic N) is 3. The molecule has 1 heterocycles. The van der Waals surface area contributed by atoms with Crippen LogP contribution in [0.3, 0.4) is 0 Å². The van der Waals surface area contributed by atoms with Crippen molar-refractivity contribution >= 4 is 5.97 Å². The lowest BCUT2D eigenvalue weighted by Crippen LogP contribution is -2.26. The smallest absolute Gasteiger partial charge is 0.304 e. The van der Waals surface area contributed by atoms with Crippen LogP contribution >= 0.6 is 0 Å². The number of aromatic nitrogens is 3. The third kappa shape index (κ3) is 3.70. The van der Waals surface area contributed by atoms with Gasteiger partial charge in [-0.25, -0.2) is 0 Å². The van der Waals surface area contributed by atoms with Crippen LogP contribution in [0.2, 0.25) is 0 Å². The molecule has 5 nitrogen and oxygen atoms in total. The molecule has 132 valence electrons. The predicted octanol–water partition coefficient (Wildman–Crippen LogP) is 4.29. The van der Waals surface area contributed by atoms with Crippen molar-refractivity contribution in [2.24, 2.45) is 11.8 Å². The van der Waals surface area contributed by atoms with Crippen LogP contribution in [0, 0.1) is 11.8 Å². The summed E-state index contributed by atoms with van der Waals surface area (Å²) in [5, 5.41) is 18.2. The summed E-state index contributed by atoms with van der Waals surface area (Å²) in [5.41, 5.74) is 0. The van der Waals surface area contributed by atoms with Gasteiger partial charge in [-0.3, -0.25) is 4.79 Å². The Balaban J connectivity index is 1.78. The van der Waals surface area contributed by atoms with Gasteiger partial charge in [0, 0.05) is 17.9 Å². The standard InChI is InChI=1S/C19H29N3O2/c1-4-5-14(11-17(23)24)18-20-21-19(22(18)16-6-7-16)15-9-13(10-15)8-12(2)3/h4,12-16H,1,5-11H2,2-3H3,(H,23,24). The molecule has 1 N–H and O–H groups in total. The molecule has 0 bridgehead atoms. The van der Waals surface area contributed by atoms with Gasteiger partial charge in [0.15, 0.2) is 0 Å². The van der Waals surface area contributed by atoms with Crippen molar-refractivity contribution in [1.29, 1.82) is 0 Å². The summed E-state index contributed by atoms with van der Waals surface area (Å²) in [4.78, 5) is 11.2. The number of carboxylic acids is 1. The zero-order valence-electron chi connectivity index (χ0n) is 14.8. The lowest BCUT2D eigenvalue weighted by molar-refractivity contribution is -0.137. The molecule has 0 aromatic carbocycles. The number of carbonyl (C=O) groups is 1.